The molecule has 11 rings (SSSR count). The highest BCUT2D eigenvalue weighted by Crippen LogP contribution is 2.44. The Labute approximate surface area is 292 Å². The molecular formula is C47H28N2O2. The minimum atomic E-state index is 0.835. The molecule has 4 nitrogen and oxygen atoms in total. The first-order chi connectivity index (χ1) is 25.3. The van der Waals surface area contributed by atoms with E-state index < -0.39 is 0 Å². The van der Waals surface area contributed by atoms with Crippen LogP contribution in [-0.2, 0) is 0 Å². The van der Waals surface area contributed by atoms with Crippen molar-refractivity contribution in [3.8, 4) is 39.3 Å². The zero-order valence-electron chi connectivity index (χ0n) is 27.4. The fourth-order valence-electron chi connectivity index (χ4n) is 7.92. The van der Waals surface area contributed by atoms with Gasteiger partial charge in [-0.05, 0) is 60.2 Å². The molecule has 0 unspecified atom stereocenters. The topological polar surface area (TPSA) is 44.1 Å². The first-order valence-corrected chi connectivity index (χ1v) is 17.2. The van der Waals surface area contributed by atoms with Crippen LogP contribution in [0.15, 0.2) is 179 Å². The van der Waals surface area contributed by atoms with E-state index >= 15 is 0 Å². The molecule has 238 valence electrons. The largest absolute Gasteiger partial charge is 0.455 e. The van der Waals surface area contributed by atoms with Crippen molar-refractivity contribution in [2.45, 2.75) is 0 Å². The van der Waals surface area contributed by atoms with E-state index in [2.05, 4.69) is 156 Å². The van der Waals surface area contributed by atoms with Gasteiger partial charge in [-0.3, -0.25) is 0 Å². The summed E-state index contributed by atoms with van der Waals surface area (Å²) in [6.45, 7) is 0. The van der Waals surface area contributed by atoms with Gasteiger partial charge < -0.3 is 13.4 Å². The molecule has 0 fully saturated rings. The second kappa shape index (κ2) is 10.8. The van der Waals surface area contributed by atoms with Gasteiger partial charge in [0.15, 0.2) is 0 Å². The maximum atomic E-state index is 7.06. The standard InChI is InChI=1S/C47H28N2O2/c1-3-13-29(14-4-1)39-27-30(28-40(48-39)37-22-12-20-34-33-17-8-10-24-43(33)50-46(34)37)32-19-11-21-35-36-25-26-42-44(47(36)51-45(32)35)38-18-7-9-23-41(38)49(42)31-15-5-2-6-16-31/h1-28H. The summed E-state index contributed by atoms with van der Waals surface area (Å²) >= 11 is 0. The number of aromatic nitrogens is 2. The molecule has 0 saturated heterocycles. The van der Waals surface area contributed by atoms with Crippen LogP contribution in [0.3, 0.4) is 0 Å². The number of rotatable bonds is 4. The quantitative estimate of drug-likeness (QED) is 0.190. The second-order valence-corrected chi connectivity index (χ2v) is 13.1. The van der Waals surface area contributed by atoms with Gasteiger partial charge in [0, 0.05) is 49.3 Å². The monoisotopic (exact) mass is 652 g/mol. The SMILES string of the molecule is c1ccc(-c2cc(-c3cccc4c3oc3c4ccc4c3c3ccccc3n4-c3ccccc3)cc(-c3cccc4c3oc3ccccc34)n2)cc1. The van der Waals surface area contributed by atoms with Crippen LogP contribution in [0.1, 0.15) is 0 Å². The lowest BCUT2D eigenvalue weighted by Gasteiger charge is -2.11. The summed E-state index contributed by atoms with van der Waals surface area (Å²) in [6, 6.07) is 59.3. The van der Waals surface area contributed by atoms with Gasteiger partial charge in [-0.2, -0.15) is 0 Å². The van der Waals surface area contributed by atoms with E-state index in [0.29, 0.717) is 0 Å². The molecule has 0 radical (unpaired) electrons. The lowest BCUT2D eigenvalue weighted by atomic mass is 9.97. The molecule has 0 aliphatic carbocycles. The number of hydrogen-bond acceptors (Lipinski definition) is 3. The summed E-state index contributed by atoms with van der Waals surface area (Å²) in [4.78, 5) is 5.26. The van der Waals surface area contributed by atoms with E-state index in [1.54, 1.807) is 0 Å². The Morgan fingerprint density at radius 1 is 0.392 bits per heavy atom. The van der Waals surface area contributed by atoms with Crippen molar-refractivity contribution < 1.29 is 8.83 Å². The molecule has 0 saturated carbocycles. The van der Waals surface area contributed by atoms with Crippen LogP contribution >= 0.6 is 0 Å². The summed E-state index contributed by atoms with van der Waals surface area (Å²) in [5.41, 5.74) is 12.6. The molecule has 0 bridgehead atoms. The van der Waals surface area contributed by atoms with E-state index in [-0.39, 0.29) is 0 Å². The number of hydrogen-bond donors (Lipinski definition) is 0. The average Bonchev–Trinajstić information content (AvgIpc) is 3.88. The van der Waals surface area contributed by atoms with E-state index in [9.17, 15) is 0 Å². The van der Waals surface area contributed by atoms with Gasteiger partial charge in [-0.25, -0.2) is 4.98 Å². The predicted octanol–water partition coefficient (Wildman–Crippen LogP) is 13.0. The summed E-state index contributed by atoms with van der Waals surface area (Å²) in [5.74, 6) is 0. The van der Waals surface area contributed by atoms with Crippen LogP contribution in [-0.4, -0.2) is 9.55 Å². The van der Waals surface area contributed by atoms with Gasteiger partial charge in [0.2, 0.25) is 0 Å². The first-order valence-electron chi connectivity index (χ1n) is 17.2. The van der Waals surface area contributed by atoms with E-state index in [0.717, 1.165) is 99.6 Å². The Bertz CT molecular complexity index is 3130. The van der Waals surface area contributed by atoms with Crippen molar-refractivity contribution in [1.29, 1.82) is 0 Å². The molecular weight excluding hydrogens is 625 g/mol. The van der Waals surface area contributed by atoms with Crippen LogP contribution in [0, 0.1) is 0 Å². The zero-order valence-corrected chi connectivity index (χ0v) is 27.4. The number of furan rings is 2. The Morgan fingerprint density at radius 2 is 1.02 bits per heavy atom. The van der Waals surface area contributed by atoms with Crippen LogP contribution in [0.4, 0.5) is 0 Å². The average molecular weight is 653 g/mol. The van der Waals surface area contributed by atoms with Gasteiger partial charge in [0.25, 0.3) is 0 Å². The third kappa shape index (κ3) is 4.17. The number of benzene rings is 7. The number of pyridine rings is 1. The Balaban J connectivity index is 1.19. The minimum Gasteiger partial charge on any atom is -0.455 e. The zero-order chi connectivity index (χ0) is 33.5. The van der Waals surface area contributed by atoms with Crippen molar-refractivity contribution in [2.24, 2.45) is 0 Å². The number of fused-ring (bicyclic) bond motifs is 10. The Hall–Kier alpha value is -6.91. The molecule has 4 heteroatoms. The van der Waals surface area contributed by atoms with Crippen LogP contribution in [0.2, 0.25) is 0 Å². The van der Waals surface area contributed by atoms with Gasteiger partial charge in [-0.1, -0.05) is 115 Å². The highest BCUT2D eigenvalue weighted by atomic mass is 16.3. The molecule has 0 aliphatic heterocycles. The molecule has 4 heterocycles. The maximum absolute atomic E-state index is 7.06. The third-order valence-electron chi connectivity index (χ3n) is 10.2. The van der Waals surface area contributed by atoms with Crippen LogP contribution < -0.4 is 0 Å². The molecule has 11 aromatic rings. The van der Waals surface area contributed by atoms with Crippen molar-refractivity contribution >= 4 is 65.7 Å². The third-order valence-corrected chi connectivity index (χ3v) is 10.2. The maximum Gasteiger partial charge on any atom is 0.145 e. The Morgan fingerprint density at radius 3 is 1.86 bits per heavy atom. The van der Waals surface area contributed by atoms with Crippen molar-refractivity contribution in [1.82, 2.24) is 9.55 Å². The van der Waals surface area contributed by atoms with Crippen LogP contribution in [0.5, 0.6) is 0 Å². The van der Waals surface area contributed by atoms with Gasteiger partial charge >= 0.3 is 0 Å². The highest BCUT2D eigenvalue weighted by Gasteiger charge is 2.21. The molecule has 0 atom stereocenters. The lowest BCUT2D eigenvalue weighted by molar-refractivity contribution is 0.670. The molecule has 0 spiro atoms. The highest BCUT2D eigenvalue weighted by molar-refractivity contribution is 6.24. The minimum absolute atomic E-state index is 0.835. The fraction of sp³-hybridized carbons (Fsp3) is 0. The Kier molecular flexibility index (Phi) is 5.92. The van der Waals surface area contributed by atoms with Crippen LogP contribution in [0.25, 0.3) is 105 Å². The molecule has 7 aromatic carbocycles. The fourth-order valence-corrected chi connectivity index (χ4v) is 7.92. The number of para-hydroxylation sites is 5. The first kappa shape index (κ1) is 28.0. The summed E-state index contributed by atoms with van der Waals surface area (Å²) in [7, 11) is 0. The van der Waals surface area contributed by atoms with E-state index in [1.165, 1.54) is 5.39 Å². The molecule has 4 aromatic heterocycles. The summed E-state index contributed by atoms with van der Waals surface area (Å²) in [5, 5.41) is 6.64. The van der Waals surface area contributed by atoms with E-state index in [1.807, 2.05) is 18.2 Å². The molecule has 0 N–H and O–H groups in total. The van der Waals surface area contributed by atoms with Gasteiger partial charge in [-0.15, -0.1) is 0 Å². The smallest absolute Gasteiger partial charge is 0.145 e. The predicted molar refractivity (Wildman–Crippen MR) is 209 cm³/mol. The summed E-state index contributed by atoms with van der Waals surface area (Å²) in [6.07, 6.45) is 0. The lowest BCUT2D eigenvalue weighted by Crippen LogP contribution is -1.92. The van der Waals surface area contributed by atoms with Crippen molar-refractivity contribution in [3.05, 3.63) is 170 Å². The molecule has 0 amide bonds. The summed E-state index contributed by atoms with van der Waals surface area (Å²) < 4.78 is 15.9. The number of nitrogens with zero attached hydrogens (tertiary/aromatic N) is 2. The van der Waals surface area contributed by atoms with Crippen molar-refractivity contribution in [2.75, 3.05) is 0 Å². The van der Waals surface area contributed by atoms with Gasteiger partial charge in [0.05, 0.1) is 27.8 Å². The molecule has 0 aliphatic rings. The second-order valence-electron chi connectivity index (χ2n) is 13.1. The normalized spacial score (nSPS) is 11.9. The van der Waals surface area contributed by atoms with E-state index in [4.69, 9.17) is 13.8 Å². The van der Waals surface area contributed by atoms with Crippen molar-refractivity contribution in [3.63, 3.8) is 0 Å². The molecule has 51 heavy (non-hydrogen) atoms. The van der Waals surface area contributed by atoms with Gasteiger partial charge in [0.1, 0.15) is 22.3 Å².